The van der Waals surface area contributed by atoms with Crippen LogP contribution in [0, 0.1) is 5.82 Å². The second-order valence-electron chi connectivity index (χ2n) is 5.66. The summed E-state index contributed by atoms with van der Waals surface area (Å²) < 4.78 is 19.7. The molecule has 6 nitrogen and oxygen atoms in total. The average molecular weight is 322 g/mol. The van der Waals surface area contributed by atoms with Gasteiger partial charge in [0.15, 0.2) is 11.6 Å². The number of methoxy groups -OCH3 is 1. The Morgan fingerprint density at radius 2 is 2.09 bits per heavy atom. The molecule has 0 bridgehead atoms. The lowest BCUT2D eigenvalue weighted by molar-refractivity contribution is -0.134. The summed E-state index contributed by atoms with van der Waals surface area (Å²) in [5.74, 6) is -1.67. The van der Waals surface area contributed by atoms with Crippen LogP contribution in [0.5, 0.6) is 5.75 Å². The number of halogens is 1. The minimum Gasteiger partial charge on any atom is -0.492 e. The minimum absolute atomic E-state index is 0.0572. The fraction of sp³-hybridized carbons (Fsp3) is 0.438. The standard InChI is InChI=1S/C16H19FN2O4/c1-9(2)10-4-5-11(15(23-3)14(10)17)19(8-20)12-6-7-13(21)18-16(12)22/h4-5,8-9,12H,6-7H2,1-3H3,(H,18,21,22). The monoisotopic (exact) mass is 322 g/mol. The predicted octanol–water partition coefficient (Wildman–Crippen LogP) is 1.73. The molecular formula is C16H19FN2O4. The van der Waals surface area contributed by atoms with Crippen LogP contribution in [-0.4, -0.2) is 31.4 Å². The topological polar surface area (TPSA) is 75.7 Å². The number of hydrogen-bond donors (Lipinski definition) is 1. The van der Waals surface area contributed by atoms with Gasteiger partial charge in [-0.15, -0.1) is 0 Å². The Labute approximate surface area is 133 Å². The quantitative estimate of drug-likeness (QED) is 0.661. The molecule has 1 aromatic carbocycles. The first-order chi connectivity index (χ1) is 10.9. The van der Waals surface area contributed by atoms with Crippen molar-refractivity contribution in [3.05, 3.63) is 23.5 Å². The number of rotatable bonds is 5. The number of carbonyl (C=O) groups excluding carboxylic acids is 3. The third kappa shape index (κ3) is 3.18. The van der Waals surface area contributed by atoms with E-state index in [1.165, 1.54) is 7.11 Å². The molecule has 124 valence electrons. The number of anilines is 1. The van der Waals surface area contributed by atoms with Crippen molar-refractivity contribution in [3.8, 4) is 5.75 Å². The van der Waals surface area contributed by atoms with Crippen molar-refractivity contribution in [1.82, 2.24) is 5.32 Å². The number of amides is 3. The predicted molar refractivity (Wildman–Crippen MR) is 81.8 cm³/mol. The molecule has 23 heavy (non-hydrogen) atoms. The fourth-order valence-electron chi connectivity index (χ4n) is 2.65. The Morgan fingerprint density at radius 1 is 1.39 bits per heavy atom. The molecule has 7 heteroatoms. The number of imide groups is 1. The molecule has 1 aliphatic heterocycles. The number of benzene rings is 1. The van der Waals surface area contributed by atoms with Gasteiger partial charge in [-0.2, -0.15) is 0 Å². The molecular weight excluding hydrogens is 303 g/mol. The molecule has 0 saturated carbocycles. The van der Waals surface area contributed by atoms with E-state index in [0.717, 1.165) is 4.90 Å². The van der Waals surface area contributed by atoms with Crippen LogP contribution in [0.25, 0.3) is 0 Å². The van der Waals surface area contributed by atoms with Crippen molar-refractivity contribution >= 4 is 23.9 Å². The van der Waals surface area contributed by atoms with Gasteiger partial charge in [0.05, 0.1) is 12.8 Å². The van der Waals surface area contributed by atoms with Crippen molar-refractivity contribution in [2.24, 2.45) is 0 Å². The van der Waals surface area contributed by atoms with Crippen molar-refractivity contribution in [1.29, 1.82) is 0 Å². The molecule has 0 aliphatic carbocycles. The number of nitrogens with zero attached hydrogens (tertiary/aromatic N) is 1. The van der Waals surface area contributed by atoms with Crippen LogP contribution < -0.4 is 15.0 Å². The molecule has 1 N–H and O–H groups in total. The maximum atomic E-state index is 14.6. The van der Waals surface area contributed by atoms with E-state index in [-0.39, 0.29) is 36.1 Å². The summed E-state index contributed by atoms with van der Waals surface area (Å²) in [4.78, 5) is 35.8. The smallest absolute Gasteiger partial charge is 0.249 e. The molecule has 0 aromatic heterocycles. The van der Waals surface area contributed by atoms with Crippen LogP contribution in [0.15, 0.2) is 12.1 Å². The van der Waals surface area contributed by atoms with E-state index in [1.54, 1.807) is 12.1 Å². The van der Waals surface area contributed by atoms with Gasteiger partial charge >= 0.3 is 0 Å². The highest BCUT2D eigenvalue weighted by molar-refractivity contribution is 6.04. The van der Waals surface area contributed by atoms with E-state index >= 15 is 0 Å². The summed E-state index contributed by atoms with van der Waals surface area (Å²) in [6.45, 7) is 3.68. The van der Waals surface area contributed by atoms with Gasteiger partial charge in [0.1, 0.15) is 6.04 Å². The van der Waals surface area contributed by atoms with Crippen molar-refractivity contribution in [3.63, 3.8) is 0 Å². The molecule has 0 spiro atoms. The summed E-state index contributed by atoms with van der Waals surface area (Å²) in [6.07, 6.45) is 0.752. The molecule has 1 heterocycles. The van der Waals surface area contributed by atoms with E-state index in [0.29, 0.717) is 12.0 Å². The lowest BCUT2D eigenvalue weighted by Crippen LogP contribution is -2.52. The zero-order valence-corrected chi connectivity index (χ0v) is 13.3. The number of hydrogen-bond acceptors (Lipinski definition) is 4. The largest absolute Gasteiger partial charge is 0.492 e. The van der Waals surface area contributed by atoms with Crippen LogP contribution >= 0.6 is 0 Å². The molecule has 1 fully saturated rings. The summed E-state index contributed by atoms with van der Waals surface area (Å²) >= 11 is 0. The Hall–Kier alpha value is -2.44. The van der Waals surface area contributed by atoms with Crippen molar-refractivity contribution < 1.29 is 23.5 Å². The van der Waals surface area contributed by atoms with Crippen LogP contribution in [0.2, 0.25) is 0 Å². The van der Waals surface area contributed by atoms with E-state index in [2.05, 4.69) is 5.32 Å². The highest BCUT2D eigenvalue weighted by Gasteiger charge is 2.34. The molecule has 1 atom stereocenters. The molecule has 1 aromatic rings. The highest BCUT2D eigenvalue weighted by Crippen LogP contribution is 2.36. The van der Waals surface area contributed by atoms with Crippen molar-refractivity contribution in [2.45, 2.75) is 38.6 Å². The third-order valence-electron chi connectivity index (χ3n) is 3.87. The second-order valence-corrected chi connectivity index (χ2v) is 5.66. The normalized spacial score (nSPS) is 17.9. The summed E-state index contributed by atoms with van der Waals surface area (Å²) in [6, 6.07) is 2.25. The van der Waals surface area contributed by atoms with Gasteiger partial charge in [0.2, 0.25) is 18.2 Å². The number of piperidine rings is 1. The lowest BCUT2D eigenvalue weighted by atomic mass is 9.99. The van der Waals surface area contributed by atoms with E-state index in [1.807, 2.05) is 13.8 Å². The van der Waals surface area contributed by atoms with E-state index in [4.69, 9.17) is 4.74 Å². The zero-order chi connectivity index (χ0) is 17.1. The molecule has 1 saturated heterocycles. The Kier molecular flexibility index (Phi) is 4.98. The van der Waals surface area contributed by atoms with Crippen molar-refractivity contribution in [2.75, 3.05) is 12.0 Å². The number of ether oxygens (including phenoxy) is 1. The SMILES string of the molecule is COc1c(N(C=O)C2CCC(=O)NC2=O)ccc(C(C)C)c1F. The minimum atomic E-state index is -0.872. The Morgan fingerprint density at radius 3 is 2.61 bits per heavy atom. The van der Waals surface area contributed by atoms with Gasteiger partial charge < -0.3 is 4.74 Å². The number of nitrogens with one attached hydrogen (secondary N) is 1. The van der Waals surface area contributed by atoms with Gasteiger partial charge in [-0.3, -0.25) is 24.6 Å². The van der Waals surface area contributed by atoms with Crippen LogP contribution in [0.1, 0.15) is 38.2 Å². The second kappa shape index (κ2) is 6.76. The summed E-state index contributed by atoms with van der Waals surface area (Å²) in [7, 11) is 1.31. The molecule has 0 radical (unpaired) electrons. The van der Waals surface area contributed by atoms with Gasteiger partial charge in [-0.05, 0) is 24.0 Å². The van der Waals surface area contributed by atoms with Crippen LogP contribution in [-0.2, 0) is 14.4 Å². The maximum absolute atomic E-state index is 14.6. The first kappa shape index (κ1) is 16.9. The number of carbonyl (C=O) groups is 3. The molecule has 3 amide bonds. The summed E-state index contributed by atoms with van der Waals surface area (Å²) in [5.41, 5.74) is 0.624. The first-order valence-corrected chi connectivity index (χ1v) is 7.34. The van der Waals surface area contributed by atoms with Crippen LogP contribution in [0.3, 0.4) is 0 Å². The first-order valence-electron chi connectivity index (χ1n) is 7.34. The lowest BCUT2D eigenvalue weighted by Gasteiger charge is -2.31. The van der Waals surface area contributed by atoms with Gasteiger partial charge in [-0.25, -0.2) is 4.39 Å². The Balaban J connectivity index is 2.46. The maximum Gasteiger partial charge on any atom is 0.249 e. The van der Waals surface area contributed by atoms with Gasteiger partial charge in [0.25, 0.3) is 0 Å². The average Bonchev–Trinajstić information content (AvgIpc) is 2.49. The van der Waals surface area contributed by atoms with Gasteiger partial charge in [0, 0.05) is 6.42 Å². The van der Waals surface area contributed by atoms with E-state index < -0.39 is 17.8 Å². The van der Waals surface area contributed by atoms with Gasteiger partial charge in [-0.1, -0.05) is 19.9 Å². The molecule has 1 unspecified atom stereocenters. The highest BCUT2D eigenvalue weighted by atomic mass is 19.1. The molecule has 1 aliphatic rings. The Bertz CT molecular complexity index is 645. The van der Waals surface area contributed by atoms with E-state index in [9.17, 15) is 18.8 Å². The fourth-order valence-corrected chi connectivity index (χ4v) is 2.65. The molecule has 2 rings (SSSR count). The summed E-state index contributed by atoms with van der Waals surface area (Å²) in [5, 5.41) is 2.18. The zero-order valence-electron chi connectivity index (χ0n) is 13.3. The third-order valence-corrected chi connectivity index (χ3v) is 3.87. The van der Waals surface area contributed by atoms with Crippen LogP contribution in [0.4, 0.5) is 10.1 Å².